The van der Waals surface area contributed by atoms with Crippen LogP contribution in [0.4, 0.5) is 0 Å². The second-order valence-corrected chi connectivity index (χ2v) is 15.3. The highest BCUT2D eigenvalue weighted by atomic mass is 16.6. The fourth-order valence-electron chi connectivity index (χ4n) is 10.2. The molecule has 0 aromatic heterocycles. The van der Waals surface area contributed by atoms with Gasteiger partial charge in [-0.1, -0.05) is 54.9 Å². The summed E-state index contributed by atoms with van der Waals surface area (Å²) < 4.78 is 6.03. The molecule has 42 heavy (non-hydrogen) atoms. The fraction of sp³-hybridized carbons (Fsp3) is 0.722. The van der Waals surface area contributed by atoms with Crippen molar-refractivity contribution in [1.82, 2.24) is 5.32 Å². The molecule has 3 saturated carbocycles. The summed E-state index contributed by atoms with van der Waals surface area (Å²) in [5.41, 5.74) is 3.98. The number of oxime groups is 1. The summed E-state index contributed by atoms with van der Waals surface area (Å²) in [6.45, 7) is 10.4. The first-order valence-electron chi connectivity index (χ1n) is 16.6. The highest BCUT2D eigenvalue weighted by molar-refractivity contribution is 5.96. The molecule has 0 bridgehead atoms. The van der Waals surface area contributed by atoms with E-state index in [0.29, 0.717) is 18.4 Å². The number of allylic oxidation sites excluding steroid dienone is 2. The van der Waals surface area contributed by atoms with Gasteiger partial charge in [0, 0.05) is 18.6 Å². The van der Waals surface area contributed by atoms with Crippen molar-refractivity contribution in [3.63, 3.8) is 0 Å². The Bertz CT molecular complexity index is 1210. The second-order valence-electron chi connectivity index (χ2n) is 15.3. The smallest absolute Gasteiger partial charge is 0.260 e. The maximum Gasteiger partial charge on any atom is 0.260 e. The molecule has 6 nitrogen and oxygen atoms in total. The number of carbonyl (C=O) groups excluding carboxylic acids is 1. The van der Waals surface area contributed by atoms with Gasteiger partial charge in [-0.2, -0.15) is 0 Å². The number of amides is 1. The summed E-state index contributed by atoms with van der Waals surface area (Å²) in [5, 5.41) is 18.3. The number of aliphatic hydroxyl groups is 1. The molecule has 0 radical (unpaired) electrons. The zero-order valence-corrected chi connectivity index (χ0v) is 26.3. The number of ether oxygens (including phenoxy) is 1. The lowest BCUT2D eigenvalue weighted by atomic mass is 9.47. The van der Waals surface area contributed by atoms with Gasteiger partial charge in [-0.05, 0) is 125 Å². The minimum absolute atomic E-state index is 0.00810. The first kappa shape index (κ1) is 29.9. The molecule has 5 aliphatic rings. The monoisotopic (exact) mass is 576 g/mol. The van der Waals surface area contributed by atoms with E-state index in [1.54, 1.807) is 0 Å². The fourth-order valence-corrected chi connectivity index (χ4v) is 10.2. The Labute approximate surface area is 252 Å². The van der Waals surface area contributed by atoms with Gasteiger partial charge in [-0.25, -0.2) is 0 Å². The lowest BCUT2D eigenvalue weighted by Gasteiger charge is -2.57. The van der Waals surface area contributed by atoms with Gasteiger partial charge in [0.05, 0.1) is 17.4 Å². The standard InChI is InChI=1S/C36H52N2O4/c1-33(2)24-36(19-21-41-33,25-8-6-5-7-9-25)18-20-37-32(40)23-42-38-27-14-16-34(3)26(22-27)10-11-28-29-12-13-31(39)35(29,4)17-15-30(28)34/h5-9,22,28-31,39H,10-21,23-24H2,1-4H3,(H,37,40)/t28-,29+,30-,31-,34+,35+,36-/m1/s1. The van der Waals surface area contributed by atoms with E-state index in [0.717, 1.165) is 69.6 Å². The summed E-state index contributed by atoms with van der Waals surface area (Å²) >= 11 is 0. The Hall–Kier alpha value is -2.18. The molecule has 0 unspecified atom stereocenters. The van der Waals surface area contributed by atoms with Crippen molar-refractivity contribution in [3.05, 3.63) is 47.5 Å². The zero-order chi connectivity index (χ0) is 29.6. The second kappa shape index (κ2) is 11.4. The van der Waals surface area contributed by atoms with Crippen LogP contribution >= 0.6 is 0 Å². The van der Waals surface area contributed by atoms with Crippen molar-refractivity contribution in [2.24, 2.45) is 33.7 Å². The minimum Gasteiger partial charge on any atom is -0.393 e. The summed E-state index contributed by atoms with van der Waals surface area (Å²) in [6.07, 6.45) is 13.8. The molecule has 2 N–H and O–H groups in total. The van der Waals surface area contributed by atoms with Crippen molar-refractivity contribution < 1.29 is 19.5 Å². The van der Waals surface area contributed by atoms with Crippen LogP contribution in [0.15, 0.2) is 47.1 Å². The van der Waals surface area contributed by atoms with Gasteiger partial charge < -0.3 is 20.0 Å². The summed E-state index contributed by atoms with van der Waals surface area (Å²) in [4.78, 5) is 18.3. The van der Waals surface area contributed by atoms with Gasteiger partial charge in [-0.15, -0.1) is 0 Å². The highest BCUT2D eigenvalue weighted by Crippen LogP contribution is 2.65. The number of aliphatic hydroxyl groups excluding tert-OH is 1. The lowest BCUT2D eigenvalue weighted by molar-refractivity contribution is -0.125. The summed E-state index contributed by atoms with van der Waals surface area (Å²) in [7, 11) is 0. The Morgan fingerprint density at radius 1 is 1.02 bits per heavy atom. The van der Waals surface area contributed by atoms with Gasteiger partial charge >= 0.3 is 0 Å². The number of hydrogen-bond donors (Lipinski definition) is 2. The summed E-state index contributed by atoms with van der Waals surface area (Å²) in [6, 6.07) is 10.7. The van der Waals surface area contributed by atoms with Gasteiger partial charge in [-0.3, -0.25) is 4.79 Å². The Morgan fingerprint density at radius 2 is 1.83 bits per heavy atom. The number of hydrogen-bond acceptors (Lipinski definition) is 5. The number of nitrogens with zero attached hydrogens (tertiary/aromatic N) is 1. The van der Waals surface area contributed by atoms with Crippen molar-refractivity contribution in [2.75, 3.05) is 19.8 Å². The number of rotatable bonds is 7. The molecule has 1 amide bonds. The van der Waals surface area contributed by atoms with Gasteiger partial charge in [0.2, 0.25) is 0 Å². The molecule has 230 valence electrons. The van der Waals surface area contributed by atoms with E-state index < -0.39 is 0 Å². The van der Waals surface area contributed by atoms with Crippen LogP contribution in [0.1, 0.15) is 104 Å². The van der Waals surface area contributed by atoms with E-state index in [1.807, 2.05) is 0 Å². The van der Waals surface area contributed by atoms with Crippen LogP contribution < -0.4 is 5.32 Å². The van der Waals surface area contributed by atoms with Crippen LogP contribution in [-0.4, -0.2) is 48.2 Å². The quantitative estimate of drug-likeness (QED) is 0.353. The molecule has 1 aliphatic heterocycles. The van der Waals surface area contributed by atoms with Crippen LogP contribution in [0, 0.1) is 28.6 Å². The maximum atomic E-state index is 12.7. The molecule has 6 rings (SSSR count). The van der Waals surface area contributed by atoms with Gasteiger partial charge in [0.1, 0.15) is 0 Å². The Balaban J connectivity index is 1.02. The van der Waals surface area contributed by atoms with Crippen molar-refractivity contribution in [1.29, 1.82) is 0 Å². The number of carbonyl (C=O) groups is 1. The minimum atomic E-state index is -0.183. The van der Waals surface area contributed by atoms with E-state index >= 15 is 0 Å². The molecular formula is C36H52N2O4. The van der Waals surface area contributed by atoms with Crippen molar-refractivity contribution in [2.45, 2.75) is 115 Å². The molecule has 4 fully saturated rings. The van der Waals surface area contributed by atoms with E-state index in [2.05, 4.69) is 74.6 Å². The van der Waals surface area contributed by atoms with Crippen LogP contribution in [0.25, 0.3) is 0 Å². The molecule has 1 aromatic carbocycles. The van der Waals surface area contributed by atoms with Gasteiger partial charge in [0.25, 0.3) is 5.91 Å². The van der Waals surface area contributed by atoms with Crippen LogP contribution in [0.3, 0.4) is 0 Å². The van der Waals surface area contributed by atoms with Crippen LogP contribution in [-0.2, 0) is 19.8 Å². The molecule has 0 spiro atoms. The molecular weight excluding hydrogens is 524 g/mol. The first-order valence-corrected chi connectivity index (χ1v) is 16.6. The average Bonchev–Trinajstić information content (AvgIpc) is 3.27. The number of fused-ring (bicyclic) bond motifs is 5. The molecule has 1 heterocycles. The van der Waals surface area contributed by atoms with Crippen LogP contribution in [0.2, 0.25) is 0 Å². The number of benzene rings is 1. The highest BCUT2D eigenvalue weighted by Gasteiger charge is 2.58. The Kier molecular flexibility index (Phi) is 8.10. The molecule has 1 aromatic rings. The van der Waals surface area contributed by atoms with Crippen molar-refractivity contribution in [3.8, 4) is 0 Å². The van der Waals surface area contributed by atoms with E-state index in [1.165, 1.54) is 30.4 Å². The average molecular weight is 577 g/mol. The Morgan fingerprint density at radius 3 is 2.62 bits per heavy atom. The SMILES string of the molecule is CC1(C)C[C@](CCNC(=O)CON=C2C=C3CC[C@H]4[C@@H](CC[C@]5(C)[C@H](O)CC[C@@H]45)[C@@]3(C)CC2)(c2ccccc2)CCO1. The predicted molar refractivity (Wildman–Crippen MR) is 166 cm³/mol. The van der Waals surface area contributed by atoms with Gasteiger partial charge in [0.15, 0.2) is 6.61 Å². The third kappa shape index (κ3) is 5.47. The molecule has 7 atom stereocenters. The summed E-state index contributed by atoms with van der Waals surface area (Å²) in [5.74, 6) is 1.98. The van der Waals surface area contributed by atoms with E-state index in [4.69, 9.17) is 9.57 Å². The predicted octanol–water partition coefficient (Wildman–Crippen LogP) is 6.72. The third-order valence-corrected chi connectivity index (χ3v) is 12.5. The van der Waals surface area contributed by atoms with E-state index in [9.17, 15) is 9.90 Å². The largest absolute Gasteiger partial charge is 0.393 e. The normalized spacial score (nSPS) is 39.9. The molecule has 1 saturated heterocycles. The lowest BCUT2D eigenvalue weighted by Crippen LogP contribution is -2.51. The van der Waals surface area contributed by atoms with E-state index in [-0.39, 0.29) is 40.5 Å². The third-order valence-electron chi connectivity index (χ3n) is 12.5. The van der Waals surface area contributed by atoms with Crippen molar-refractivity contribution >= 4 is 11.6 Å². The number of nitrogens with one attached hydrogen (secondary N) is 1. The zero-order valence-electron chi connectivity index (χ0n) is 26.3. The van der Waals surface area contributed by atoms with Crippen LogP contribution in [0.5, 0.6) is 0 Å². The topological polar surface area (TPSA) is 80.2 Å². The first-order chi connectivity index (χ1) is 20.0. The maximum absolute atomic E-state index is 12.7. The molecule has 6 heteroatoms. The molecule has 4 aliphatic carbocycles.